The first kappa shape index (κ1) is 12.7. The third-order valence-corrected chi connectivity index (χ3v) is 2.54. The lowest BCUT2D eigenvalue weighted by Crippen LogP contribution is -2.15. The van der Waals surface area contributed by atoms with Crippen LogP contribution in [0.1, 0.15) is 12.2 Å². The van der Waals surface area contributed by atoms with E-state index in [1.54, 1.807) is 0 Å². The lowest BCUT2D eigenvalue weighted by molar-refractivity contribution is -0.147. The molecule has 0 saturated heterocycles. The standard InChI is InChI=1S/C11H11F4N3/c12-4-1-5-18-9-3-2-7(16)6-8(9)17-10(18)11(13,14)15/h2-3,6H,1,4-5,16H2. The Labute approximate surface area is 100 Å². The molecule has 0 aliphatic rings. The Hall–Kier alpha value is -1.79. The maximum atomic E-state index is 12.8. The van der Waals surface area contributed by atoms with Crippen LogP contribution in [0.25, 0.3) is 11.0 Å². The predicted octanol–water partition coefficient (Wildman–Crippen LogP) is 3.00. The van der Waals surface area contributed by atoms with E-state index in [0.717, 1.165) is 4.57 Å². The Morgan fingerprint density at radius 2 is 2.00 bits per heavy atom. The number of nitrogens with two attached hydrogens (primary N) is 1. The van der Waals surface area contributed by atoms with E-state index < -0.39 is 18.7 Å². The number of aromatic nitrogens is 2. The van der Waals surface area contributed by atoms with Gasteiger partial charge < -0.3 is 10.3 Å². The van der Waals surface area contributed by atoms with Crippen molar-refractivity contribution < 1.29 is 17.6 Å². The number of benzene rings is 1. The summed E-state index contributed by atoms with van der Waals surface area (Å²) in [5, 5.41) is 0. The molecule has 2 N–H and O–H groups in total. The van der Waals surface area contributed by atoms with Crippen molar-refractivity contribution in [3.63, 3.8) is 0 Å². The van der Waals surface area contributed by atoms with Gasteiger partial charge >= 0.3 is 6.18 Å². The first-order chi connectivity index (χ1) is 8.43. The van der Waals surface area contributed by atoms with Crippen LogP contribution < -0.4 is 5.73 Å². The van der Waals surface area contributed by atoms with Crippen LogP contribution in [-0.2, 0) is 12.7 Å². The molecule has 0 radical (unpaired) electrons. The van der Waals surface area contributed by atoms with E-state index in [4.69, 9.17) is 5.73 Å². The summed E-state index contributed by atoms with van der Waals surface area (Å²) in [5.41, 5.74) is 6.32. The molecule has 2 aromatic rings. The van der Waals surface area contributed by atoms with Crippen molar-refractivity contribution in [2.45, 2.75) is 19.1 Å². The van der Waals surface area contributed by atoms with Gasteiger partial charge in [-0.05, 0) is 24.6 Å². The highest BCUT2D eigenvalue weighted by Gasteiger charge is 2.37. The minimum atomic E-state index is -4.57. The molecule has 0 unspecified atom stereocenters. The van der Waals surface area contributed by atoms with Crippen LogP contribution >= 0.6 is 0 Å². The largest absolute Gasteiger partial charge is 0.449 e. The van der Waals surface area contributed by atoms with E-state index in [2.05, 4.69) is 4.98 Å². The number of hydrogen-bond donors (Lipinski definition) is 1. The monoisotopic (exact) mass is 261 g/mol. The highest BCUT2D eigenvalue weighted by molar-refractivity contribution is 5.79. The fraction of sp³-hybridized carbons (Fsp3) is 0.364. The highest BCUT2D eigenvalue weighted by Crippen LogP contribution is 2.32. The van der Waals surface area contributed by atoms with Crippen molar-refractivity contribution in [3.05, 3.63) is 24.0 Å². The molecule has 2 rings (SSSR count). The summed E-state index contributed by atoms with van der Waals surface area (Å²) >= 11 is 0. The predicted molar refractivity (Wildman–Crippen MR) is 59.7 cm³/mol. The van der Waals surface area contributed by atoms with Crippen molar-refractivity contribution in [1.82, 2.24) is 9.55 Å². The lowest BCUT2D eigenvalue weighted by atomic mass is 10.3. The van der Waals surface area contributed by atoms with Gasteiger partial charge in [0.15, 0.2) is 0 Å². The van der Waals surface area contributed by atoms with E-state index in [-0.39, 0.29) is 18.5 Å². The summed E-state index contributed by atoms with van der Waals surface area (Å²) in [6, 6.07) is 4.33. The molecule has 7 heteroatoms. The summed E-state index contributed by atoms with van der Waals surface area (Å²) in [5.74, 6) is -1.02. The fourth-order valence-corrected chi connectivity index (χ4v) is 1.81. The zero-order chi connectivity index (χ0) is 13.3. The maximum absolute atomic E-state index is 12.8. The summed E-state index contributed by atoms with van der Waals surface area (Å²) < 4.78 is 51.5. The third-order valence-electron chi connectivity index (χ3n) is 2.54. The number of rotatable bonds is 3. The molecule has 0 spiro atoms. The summed E-state index contributed by atoms with van der Waals surface area (Å²) in [4.78, 5) is 3.53. The number of anilines is 1. The van der Waals surface area contributed by atoms with Crippen LogP contribution in [0.3, 0.4) is 0 Å². The Bertz CT molecular complexity index is 559. The fourth-order valence-electron chi connectivity index (χ4n) is 1.81. The van der Waals surface area contributed by atoms with Gasteiger partial charge in [-0.15, -0.1) is 0 Å². The Kier molecular flexibility index (Phi) is 3.14. The molecule has 0 atom stereocenters. The van der Waals surface area contributed by atoms with Crippen LogP contribution in [0.5, 0.6) is 0 Å². The average Bonchev–Trinajstić information content (AvgIpc) is 2.63. The van der Waals surface area contributed by atoms with Crippen LogP contribution in [-0.4, -0.2) is 16.2 Å². The molecule has 0 bridgehead atoms. The van der Waals surface area contributed by atoms with Gasteiger partial charge in [-0.1, -0.05) is 0 Å². The second-order valence-electron chi connectivity index (χ2n) is 3.88. The molecule has 0 amide bonds. The molecule has 0 aliphatic heterocycles. The topological polar surface area (TPSA) is 43.8 Å². The molecule has 1 aromatic heterocycles. The van der Waals surface area contributed by atoms with Crippen LogP contribution in [0.2, 0.25) is 0 Å². The number of imidazole rings is 1. The number of aryl methyl sites for hydroxylation is 1. The number of nitrogens with zero attached hydrogens (tertiary/aromatic N) is 2. The van der Waals surface area contributed by atoms with E-state index in [9.17, 15) is 17.6 Å². The number of nitrogen functional groups attached to an aromatic ring is 1. The van der Waals surface area contributed by atoms with Gasteiger partial charge in [0.2, 0.25) is 5.82 Å². The zero-order valence-electron chi connectivity index (χ0n) is 9.34. The molecular formula is C11H11F4N3. The lowest BCUT2D eigenvalue weighted by Gasteiger charge is -2.10. The first-order valence-corrected chi connectivity index (χ1v) is 5.32. The van der Waals surface area contributed by atoms with Crippen molar-refractivity contribution in [2.24, 2.45) is 0 Å². The van der Waals surface area contributed by atoms with Gasteiger partial charge in [0.25, 0.3) is 0 Å². The van der Waals surface area contributed by atoms with E-state index in [1.807, 2.05) is 0 Å². The number of alkyl halides is 4. The average molecular weight is 261 g/mol. The minimum absolute atomic E-state index is 0.0128. The SMILES string of the molecule is Nc1ccc2c(c1)nc(C(F)(F)F)n2CCCF. The number of fused-ring (bicyclic) bond motifs is 1. The van der Waals surface area contributed by atoms with Gasteiger partial charge in [0, 0.05) is 12.2 Å². The Morgan fingerprint density at radius 1 is 1.28 bits per heavy atom. The van der Waals surface area contributed by atoms with Gasteiger partial charge in [-0.2, -0.15) is 13.2 Å². The van der Waals surface area contributed by atoms with Crippen LogP contribution in [0, 0.1) is 0 Å². The Morgan fingerprint density at radius 3 is 2.61 bits per heavy atom. The van der Waals surface area contributed by atoms with E-state index >= 15 is 0 Å². The first-order valence-electron chi connectivity index (χ1n) is 5.32. The van der Waals surface area contributed by atoms with E-state index in [1.165, 1.54) is 18.2 Å². The second-order valence-corrected chi connectivity index (χ2v) is 3.88. The molecule has 18 heavy (non-hydrogen) atoms. The van der Waals surface area contributed by atoms with Crippen molar-refractivity contribution in [2.75, 3.05) is 12.4 Å². The molecule has 0 aliphatic carbocycles. The summed E-state index contributed by atoms with van der Waals surface area (Å²) in [6.07, 6.45) is -4.55. The maximum Gasteiger partial charge on any atom is 0.449 e. The van der Waals surface area contributed by atoms with Gasteiger partial charge in [-0.25, -0.2) is 4.98 Å². The Balaban J connectivity index is 2.60. The number of hydrogen-bond acceptors (Lipinski definition) is 2. The van der Waals surface area contributed by atoms with Crippen molar-refractivity contribution in [3.8, 4) is 0 Å². The van der Waals surface area contributed by atoms with Gasteiger partial charge in [0.05, 0.1) is 17.7 Å². The highest BCUT2D eigenvalue weighted by atomic mass is 19.4. The normalized spacial score (nSPS) is 12.2. The summed E-state index contributed by atoms with van der Waals surface area (Å²) in [7, 11) is 0. The molecule has 1 heterocycles. The van der Waals surface area contributed by atoms with Gasteiger partial charge in [-0.3, -0.25) is 4.39 Å². The van der Waals surface area contributed by atoms with Crippen LogP contribution in [0.4, 0.5) is 23.2 Å². The second kappa shape index (κ2) is 4.47. The van der Waals surface area contributed by atoms with Crippen LogP contribution in [0.15, 0.2) is 18.2 Å². The molecule has 0 saturated carbocycles. The molecule has 98 valence electrons. The minimum Gasteiger partial charge on any atom is -0.399 e. The van der Waals surface area contributed by atoms with E-state index in [0.29, 0.717) is 11.2 Å². The molecule has 0 fully saturated rings. The number of halogens is 4. The third kappa shape index (κ3) is 2.25. The zero-order valence-corrected chi connectivity index (χ0v) is 9.34. The van der Waals surface area contributed by atoms with Crippen molar-refractivity contribution >= 4 is 16.7 Å². The smallest absolute Gasteiger partial charge is 0.399 e. The van der Waals surface area contributed by atoms with Crippen molar-refractivity contribution in [1.29, 1.82) is 0 Å². The van der Waals surface area contributed by atoms with Gasteiger partial charge in [0.1, 0.15) is 0 Å². The molecule has 1 aromatic carbocycles. The molecular weight excluding hydrogens is 250 g/mol. The molecule has 3 nitrogen and oxygen atoms in total. The summed E-state index contributed by atoms with van der Waals surface area (Å²) in [6.45, 7) is -0.738. The quantitative estimate of drug-likeness (QED) is 0.681.